The molecule has 1 atom stereocenters. The van der Waals surface area contributed by atoms with Crippen molar-refractivity contribution in [2.75, 3.05) is 19.8 Å². The normalized spacial score (nSPS) is 18.7. The van der Waals surface area contributed by atoms with Gasteiger partial charge in [0, 0.05) is 49.6 Å². The second kappa shape index (κ2) is 11.3. The van der Waals surface area contributed by atoms with Gasteiger partial charge in [-0.05, 0) is 54.3 Å². The number of sulfonamides is 1. The van der Waals surface area contributed by atoms with Crippen LogP contribution in [-0.2, 0) is 32.3 Å². The molecule has 0 aromatic carbocycles. The molecule has 45 heavy (non-hydrogen) atoms. The van der Waals surface area contributed by atoms with E-state index in [1.807, 2.05) is 0 Å². The van der Waals surface area contributed by atoms with Crippen LogP contribution in [0, 0.1) is 13.8 Å². The summed E-state index contributed by atoms with van der Waals surface area (Å²) in [6, 6.07) is 6.09. The molecular weight excluding hydrogens is 617 g/mol. The molecule has 0 amide bonds. The Kier molecular flexibility index (Phi) is 7.77. The number of carboxylic acid groups (broad SMARTS) is 1. The van der Waals surface area contributed by atoms with Crippen molar-refractivity contribution < 1.29 is 41.0 Å². The molecule has 2 aliphatic heterocycles. The number of pyridine rings is 3. The second-order valence-electron chi connectivity index (χ2n) is 11.3. The molecule has 4 aromatic rings. The molecule has 1 N–H and O–H groups in total. The Hall–Kier alpha value is -4.15. The number of nitrogens with zero attached hydrogens (tertiary/aromatic N) is 6. The van der Waals surface area contributed by atoms with Gasteiger partial charge in [0.15, 0.2) is 5.65 Å². The highest BCUT2D eigenvalue weighted by Crippen LogP contribution is 2.39. The number of aliphatic carboxylic acids is 1. The highest BCUT2D eigenvalue weighted by atomic mass is 32.2. The van der Waals surface area contributed by atoms with E-state index >= 15 is 0 Å². The minimum Gasteiger partial charge on any atom is -0.481 e. The van der Waals surface area contributed by atoms with Crippen LogP contribution >= 0.6 is 0 Å². The fourth-order valence-electron chi connectivity index (χ4n) is 5.96. The summed E-state index contributed by atoms with van der Waals surface area (Å²) in [5.74, 6) is -3.14. The number of alkyl halides is 3. The number of rotatable bonds is 6. The van der Waals surface area contributed by atoms with Crippen LogP contribution in [0.25, 0.3) is 5.65 Å². The summed E-state index contributed by atoms with van der Waals surface area (Å²) < 4.78 is 82.3. The molecule has 1 fully saturated rings. The summed E-state index contributed by atoms with van der Waals surface area (Å²) in [4.78, 5) is 20.7. The minimum absolute atomic E-state index is 0.0278. The number of aryl methyl sites for hydroxylation is 2. The Balaban J connectivity index is 1.41. The maximum absolute atomic E-state index is 14.0. The highest BCUT2D eigenvalue weighted by Gasteiger charge is 2.45. The van der Waals surface area contributed by atoms with E-state index in [0.29, 0.717) is 54.0 Å². The first-order chi connectivity index (χ1) is 21.3. The number of hydrogen-bond acceptors (Lipinski definition) is 9. The SMILES string of the molecule is Cc1ncc([C@@H](CC(=O)O)c2ccn3c(C(F)(F)F)nnc3c2C)cc1CN1CC2(CCOCC2)Oc2ncccc2S1(=O)=O. The van der Waals surface area contributed by atoms with Crippen molar-refractivity contribution in [3.05, 3.63) is 76.6 Å². The van der Waals surface area contributed by atoms with Crippen LogP contribution in [0.2, 0.25) is 0 Å². The summed E-state index contributed by atoms with van der Waals surface area (Å²) in [5, 5.41) is 16.8. The number of carbonyl (C=O) groups is 1. The molecule has 1 spiro atoms. The summed E-state index contributed by atoms with van der Waals surface area (Å²) in [6.07, 6.45) is -0.0941. The number of fused-ring (bicyclic) bond motifs is 2. The zero-order valence-corrected chi connectivity index (χ0v) is 25.1. The maximum Gasteiger partial charge on any atom is 0.452 e. The first kappa shape index (κ1) is 30.9. The molecule has 0 radical (unpaired) electrons. The molecule has 0 bridgehead atoms. The summed E-state index contributed by atoms with van der Waals surface area (Å²) >= 11 is 0. The Labute approximate surface area is 255 Å². The topological polar surface area (TPSA) is 149 Å². The van der Waals surface area contributed by atoms with Gasteiger partial charge >= 0.3 is 12.1 Å². The summed E-state index contributed by atoms with van der Waals surface area (Å²) in [7, 11) is -4.08. The van der Waals surface area contributed by atoms with E-state index < -0.39 is 45.9 Å². The molecule has 0 aliphatic carbocycles. The second-order valence-corrected chi connectivity index (χ2v) is 13.2. The highest BCUT2D eigenvalue weighted by molar-refractivity contribution is 7.89. The number of halogens is 3. The van der Waals surface area contributed by atoms with Crippen molar-refractivity contribution in [1.82, 2.24) is 28.9 Å². The van der Waals surface area contributed by atoms with E-state index in [1.165, 1.54) is 41.1 Å². The molecule has 6 rings (SSSR count). The van der Waals surface area contributed by atoms with Crippen LogP contribution in [-0.4, -0.2) is 73.7 Å². The zero-order valence-electron chi connectivity index (χ0n) is 24.3. The first-order valence-corrected chi connectivity index (χ1v) is 15.5. The van der Waals surface area contributed by atoms with Gasteiger partial charge < -0.3 is 14.6 Å². The fourth-order valence-corrected chi connectivity index (χ4v) is 7.52. The van der Waals surface area contributed by atoms with E-state index in [9.17, 15) is 31.5 Å². The lowest BCUT2D eigenvalue weighted by Crippen LogP contribution is -2.50. The average Bonchev–Trinajstić information content (AvgIpc) is 3.41. The van der Waals surface area contributed by atoms with Crippen LogP contribution in [0.4, 0.5) is 13.2 Å². The zero-order chi connectivity index (χ0) is 32.1. The van der Waals surface area contributed by atoms with E-state index in [0.717, 1.165) is 4.40 Å². The average molecular weight is 647 g/mol. The summed E-state index contributed by atoms with van der Waals surface area (Å²) in [5.41, 5.74) is 1.34. The lowest BCUT2D eigenvalue weighted by Gasteiger charge is -2.38. The van der Waals surface area contributed by atoms with Crippen molar-refractivity contribution in [3.8, 4) is 5.88 Å². The number of ether oxygens (including phenoxy) is 2. The van der Waals surface area contributed by atoms with E-state index in [-0.39, 0.29) is 29.5 Å². The van der Waals surface area contributed by atoms with Crippen LogP contribution in [0.1, 0.15) is 59.0 Å². The monoisotopic (exact) mass is 646 g/mol. The Bertz CT molecular complexity index is 1890. The van der Waals surface area contributed by atoms with Crippen molar-refractivity contribution >= 4 is 21.6 Å². The third-order valence-corrected chi connectivity index (χ3v) is 10.2. The Morgan fingerprint density at radius 2 is 1.91 bits per heavy atom. The van der Waals surface area contributed by atoms with Gasteiger partial charge in [0.05, 0.1) is 26.2 Å². The van der Waals surface area contributed by atoms with E-state index in [4.69, 9.17) is 9.47 Å². The number of hydrogen-bond donors (Lipinski definition) is 1. The predicted molar refractivity (Wildman–Crippen MR) is 151 cm³/mol. The largest absolute Gasteiger partial charge is 0.481 e. The van der Waals surface area contributed by atoms with Gasteiger partial charge in [-0.15, -0.1) is 10.2 Å². The van der Waals surface area contributed by atoms with Crippen molar-refractivity contribution in [2.45, 2.75) is 62.2 Å². The van der Waals surface area contributed by atoms with Gasteiger partial charge in [0.2, 0.25) is 21.7 Å². The lowest BCUT2D eigenvalue weighted by molar-refractivity contribution is -0.145. The standard InChI is InChI=1S/C29H29F3N6O6S/c1-17-21(5-9-38-25(17)35-36-27(38)29(30,31)32)22(13-24(39)40)19-12-20(18(2)34-14-19)15-37-16-28(6-10-43-11-7-28)44-26-23(45(37,41)42)4-3-8-33-26/h3-5,8-9,12,14,22H,6-7,10-11,13,15-16H2,1-2H3,(H,39,40)/t22-/m1/s1. The van der Waals surface area contributed by atoms with Gasteiger partial charge in [-0.3, -0.25) is 14.2 Å². The Morgan fingerprint density at radius 1 is 1.16 bits per heavy atom. The molecule has 12 nitrogen and oxygen atoms in total. The smallest absolute Gasteiger partial charge is 0.452 e. The molecule has 6 heterocycles. The van der Waals surface area contributed by atoms with Crippen LogP contribution in [0.3, 0.4) is 0 Å². The lowest BCUT2D eigenvalue weighted by atomic mass is 9.86. The maximum atomic E-state index is 14.0. The molecule has 4 aromatic heterocycles. The molecular formula is C29H29F3N6O6S. The van der Waals surface area contributed by atoms with Crippen LogP contribution in [0.5, 0.6) is 5.88 Å². The third-order valence-electron chi connectivity index (χ3n) is 8.37. The van der Waals surface area contributed by atoms with Gasteiger partial charge in [0.1, 0.15) is 10.5 Å². The molecule has 0 unspecified atom stereocenters. The van der Waals surface area contributed by atoms with E-state index in [2.05, 4.69) is 20.2 Å². The minimum atomic E-state index is -4.73. The van der Waals surface area contributed by atoms with Crippen molar-refractivity contribution in [1.29, 1.82) is 0 Å². The van der Waals surface area contributed by atoms with Gasteiger partial charge in [-0.1, -0.05) is 6.07 Å². The predicted octanol–water partition coefficient (Wildman–Crippen LogP) is 3.89. The van der Waals surface area contributed by atoms with Gasteiger partial charge in [-0.2, -0.15) is 17.5 Å². The van der Waals surface area contributed by atoms with Gasteiger partial charge in [-0.25, -0.2) is 13.4 Å². The molecule has 0 saturated carbocycles. The summed E-state index contributed by atoms with van der Waals surface area (Å²) in [6.45, 7) is 4.00. The van der Waals surface area contributed by atoms with Crippen molar-refractivity contribution in [2.24, 2.45) is 0 Å². The van der Waals surface area contributed by atoms with Crippen LogP contribution in [0.15, 0.2) is 47.8 Å². The molecule has 1 saturated heterocycles. The quantitative estimate of drug-likeness (QED) is 0.327. The first-order valence-electron chi connectivity index (χ1n) is 14.1. The third kappa shape index (κ3) is 5.73. The fraction of sp³-hybridized carbons (Fsp3) is 0.414. The molecule has 2 aliphatic rings. The van der Waals surface area contributed by atoms with Crippen LogP contribution < -0.4 is 4.74 Å². The Morgan fingerprint density at radius 3 is 2.62 bits per heavy atom. The van der Waals surface area contributed by atoms with E-state index in [1.54, 1.807) is 19.9 Å². The molecule has 238 valence electrons. The number of aromatic nitrogens is 5. The molecule has 16 heteroatoms. The van der Waals surface area contributed by atoms with Crippen molar-refractivity contribution in [3.63, 3.8) is 0 Å². The number of carboxylic acids is 1. The van der Waals surface area contributed by atoms with Gasteiger partial charge in [0.25, 0.3) is 0 Å².